The molecule has 0 fully saturated rings. The summed E-state index contributed by atoms with van der Waals surface area (Å²) in [6.45, 7) is 6.98. The molecule has 216 valence electrons. The molecule has 0 N–H and O–H groups in total. The zero-order valence-electron chi connectivity index (χ0n) is 24.1. The third-order valence-electron chi connectivity index (χ3n) is 7.66. The molecule has 41 heavy (non-hydrogen) atoms. The van der Waals surface area contributed by atoms with Crippen LogP contribution in [0.4, 0.5) is 28.9 Å². The predicted octanol–water partition coefficient (Wildman–Crippen LogP) is 7.06. The van der Waals surface area contributed by atoms with E-state index in [-0.39, 0.29) is 54.7 Å². The van der Waals surface area contributed by atoms with Crippen LogP contribution in [-0.4, -0.2) is 38.2 Å². The summed E-state index contributed by atoms with van der Waals surface area (Å²) in [7, 11) is 7.41. The maximum Gasteiger partial charge on any atom is 2.00 e. The van der Waals surface area contributed by atoms with Crippen molar-refractivity contribution < 1.29 is 38.6 Å². The quantitative estimate of drug-likeness (QED) is 0.163. The second-order valence-electron chi connectivity index (χ2n) is 11.7. The number of nitrogens with zero attached hydrogens (tertiary/aromatic N) is 4. The van der Waals surface area contributed by atoms with Crippen LogP contribution in [0.15, 0.2) is 36.4 Å². The summed E-state index contributed by atoms with van der Waals surface area (Å²) in [5.74, 6) is -3.51. The number of fused-ring (bicyclic) bond motifs is 10. The average molecular weight is 742 g/mol. The van der Waals surface area contributed by atoms with E-state index in [0.29, 0.717) is 11.4 Å². The first kappa shape index (κ1) is 30.7. The summed E-state index contributed by atoms with van der Waals surface area (Å²) < 4.78 is 61.6. The molecule has 4 aromatic rings. The monoisotopic (exact) mass is 741 g/mol. The Bertz CT molecular complexity index is 1550. The second kappa shape index (κ2) is 10.5. The van der Waals surface area contributed by atoms with E-state index >= 15 is 17.6 Å². The standard InChI is InChI=1S/C32H30F4N4.Pt/c1-31(2)21-13-19(23(33)15-25(21)35)27-9-17(39(5)6)11-29(37-27)32(3,4)30-12-18(40(7)8)10-28(38-30)20-14-22(31)26(36)16-24(20)34;/h9-12,15-16H,1-8H3;/q-2;+2. The molecular weight excluding hydrogens is 711 g/mol. The summed E-state index contributed by atoms with van der Waals surface area (Å²) in [5, 5.41) is 0. The minimum atomic E-state index is -1.41. The first-order chi connectivity index (χ1) is 18.6. The molecule has 1 aliphatic heterocycles. The molecule has 8 bridgehead atoms. The normalized spacial score (nSPS) is 14.5. The molecular formula is C32H30F4N4Pt. The number of aromatic nitrogens is 2. The molecule has 4 nitrogen and oxygen atoms in total. The molecule has 2 aromatic carbocycles. The molecule has 0 amide bonds. The van der Waals surface area contributed by atoms with Crippen molar-refractivity contribution in [2.24, 2.45) is 0 Å². The van der Waals surface area contributed by atoms with Gasteiger partial charge in [0.05, 0.1) is 0 Å². The zero-order valence-corrected chi connectivity index (χ0v) is 26.4. The number of anilines is 2. The fraction of sp³-hybridized carbons (Fsp3) is 0.312. The van der Waals surface area contributed by atoms with Gasteiger partial charge in [-0.15, -0.1) is 12.1 Å². The smallest absolute Gasteiger partial charge is 0.378 e. The van der Waals surface area contributed by atoms with Gasteiger partial charge in [0.15, 0.2) is 0 Å². The van der Waals surface area contributed by atoms with E-state index < -0.39 is 34.1 Å². The van der Waals surface area contributed by atoms with Crippen molar-refractivity contribution in [1.82, 2.24) is 9.97 Å². The SMILES string of the molecule is CN(C)c1cc2nc(c1)C(C)(C)c1cc(N(C)C)cc(n1)-c1[c-]c(c(F)cc1F)C(C)(C)c1[c-]c-2c(F)cc1F.[Pt+2]. The molecule has 0 atom stereocenters. The van der Waals surface area contributed by atoms with Crippen LogP contribution in [0.1, 0.15) is 50.2 Å². The first-order valence-electron chi connectivity index (χ1n) is 12.9. The van der Waals surface area contributed by atoms with Crippen molar-refractivity contribution in [2.75, 3.05) is 38.0 Å². The van der Waals surface area contributed by atoms with E-state index in [1.54, 1.807) is 26.0 Å². The van der Waals surface area contributed by atoms with E-state index in [4.69, 9.17) is 9.97 Å². The fourth-order valence-electron chi connectivity index (χ4n) is 4.98. The molecule has 2 aromatic heterocycles. The van der Waals surface area contributed by atoms with Crippen molar-refractivity contribution in [1.29, 1.82) is 0 Å². The van der Waals surface area contributed by atoms with Crippen molar-refractivity contribution in [3.05, 3.63) is 94.3 Å². The number of pyridine rings is 2. The van der Waals surface area contributed by atoms with Gasteiger partial charge in [0, 0.05) is 79.6 Å². The van der Waals surface area contributed by atoms with Gasteiger partial charge in [-0.1, -0.05) is 60.4 Å². The minimum absolute atomic E-state index is 0. The molecule has 0 aliphatic carbocycles. The Kier molecular flexibility index (Phi) is 7.89. The largest absolute Gasteiger partial charge is 2.00 e. The van der Waals surface area contributed by atoms with Gasteiger partial charge in [-0.05, 0) is 42.8 Å². The van der Waals surface area contributed by atoms with Gasteiger partial charge in [0.25, 0.3) is 0 Å². The Labute approximate surface area is 252 Å². The maximum absolute atomic E-state index is 15.4. The van der Waals surface area contributed by atoms with Crippen molar-refractivity contribution in [2.45, 2.75) is 38.5 Å². The molecule has 3 heterocycles. The molecule has 0 unspecified atom stereocenters. The van der Waals surface area contributed by atoms with E-state index in [1.165, 1.54) is 0 Å². The van der Waals surface area contributed by atoms with Crippen LogP contribution >= 0.6 is 0 Å². The van der Waals surface area contributed by atoms with Gasteiger partial charge < -0.3 is 19.8 Å². The van der Waals surface area contributed by atoms with Crippen molar-refractivity contribution in [3.8, 4) is 22.5 Å². The number of rotatable bonds is 2. The van der Waals surface area contributed by atoms with Crippen LogP contribution < -0.4 is 9.80 Å². The van der Waals surface area contributed by atoms with Crippen LogP contribution in [0.3, 0.4) is 0 Å². The Morgan fingerprint density at radius 1 is 0.561 bits per heavy atom. The van der Waals surface area contributed by atoms with Gasteiger partial charge in [-0.25, -0.2) is 0 Å². The average Bonchev–Trinajstić information content (AvgIpc) is 2.87. The summed E-state index contributed by atoms with van der Waals surface area (Å²) >= 11 is 0. The fourth-order valence-corrected chi connectivity index (χ4v) is 4.98. The molecule has 0 saturated heterocycles. The summed E-state index contributed by atoms with van der Waals surface area (Å²) in [4.78, 5) is 13.4. The number of halogens is 4. The third-order valence-corrected chi connectivity index (χ3v) is 7.66. The third kappa shape index (κ3) is 5.16. The minimum Gasteiger partial charge on any atom is -0.378 e. The molecule has 9 heteroatoms. The molecule has 0 saturated carbocycles. The summed E-state index contributed by atoms with van der Waals surface area (Å²) in [5.41, 5.74) is 0.546. The van der Waals surface area contributed by atoms with Gasteiger partial charge in [-0.2, -0.15) is 0 Å². The topological polar surface area (TPSA) is 32.3 Å². The molecule has 0 spiro atoms. The number of hydrogen-bond donors (Lipinski definition) is 0. The van der Waals surface area contributed by atoms with Crippen LogP contribution in [0.25, 0.3) is 22.5 Å². The van der Waals surface area contributed by atoms with Crippen LogP contribution in [0.5, 0.6) is 0 Å². The van der Waals surface area contributed by atoms with Crippen molar-refractivity contribution >= 4 is 11.4 Å². The van der Waals surface area contributed by atoms with Gasteiger partial charge in [0.2, 0.25) is 0 Å². The van der Waals surface area contributed by atoms with E-state index in [1.807, 2.05) is 64.0 Å². The van der Waals surface area contributed by atoms with Crippen LogP contribution in [0, 0.1) is 35.4 Å². The first-order valence-corrected chi connectivity index (χ1v) is 12.9. The van der Waals surface area contributed by atoms with E-state index in [2.05, 4.69) is 12.1 Å². The number of benzene rings is 2. The second-order valence-corrected chi connectivity index (χ2v) is 11.7. The number of hydrogen-bond acceptors (Lipinski definition) is 4. The molecule has 5 rings (SSSR count). The Hall–Kier alpha value is -3.25. The van der Waals surface area contributed by atoms with Crippen molar-refractivity contribution in [3.63, 3.8) is 0 Å². The van der Waals surface area contributed by atoms with Gasteiger partial charge >= 0.3 is 21.1 Å². The van der Waals surface area contributed by atoms with E-state index in [9.17, 15) is 0 Å². The van der Waals surface area contributed by atoms with E-state index in [0.717, 1.165) is 23.5 Å². The van der Waals surface area contributed by atoms with Gasteiger partial charge in [0.1, 0.15) is 0 Å². The Morgan fingerprint density at radius 3 is 1.27 bits per heavy atom. The zero-order chi connectivity index (χ0) is 29.3. The summed E-state index contributed by atoms with van der Waals surface area (Å²) in [6.07, 6.45) is 0. The van der Waals surface area contributed by atoms with Gasteiger partial charge in [-0.3, -0.25) is 17.6 Å². The Balaban J connectivity index is 0.00000387. The van der Waals surface area contributed by atoms with Crippen LogP contribution in [-0.2, 0) is 31.9 Å². The Morgan fingerprint density at radius 2 is 0.927 bits per heavy atom. The maximum atomic E-state index is 15.4. The van der Waals surface area contributed by atoms with Crippen LogP contribution in [0.2, 0.25) is 0 Å². The predicted molar refractivity (Wildman–Crippen MR) is 150 cm³/mol. The molecule has 1 aliphatic rings. The molecule has 0 radical (unpaired) electrons. The summed E-state index contributed by atoms with van der Waals surface area (Å²) in [6, 6.07) is 14.4.